The van der Waals surface area contributed by atoms with Gasteiger partial charge >= 0.3 is 6.09 Å². The van der Waals surface area contributed by atoms with E-state index < -0.39 is 18.1 Å². The molecule has 0 aliphatic carbocycles. The van der Waals surface area contributed by atoms with Gasteiger partial charge in [0.15, 0.2) is 23.5 Å². The highest BCUT2D eigenvalue weighted by molar-refractivity contribution is 5.81. The summed E-state index contributed by atoms with van der Waals surface area (Å²) in [4.78, 5) is 27.4. The van der Waals surface area contributed by atoms with Crippen LogP contribution in [-0.4, -0.2) is 80.8 Å². The maximum Gasteiger partial charge on any atom is 0.407 e. The van der Waals surface area contributed by atoms with Crippen LogP contribution in [0, 0.1) is 0 Å². The van der Waals surface area contributed by atoms with Crippen LogP contribution in [0.25, 0.3) is 11.2 Å². The number of nitrogens with zero attached hydrogens (tertiary/aromatic N) is 5. The molecule has 3 aromatic rings. The van der Waals surface area contributed by atoms with Gasteiger partial charge in [-0.1, -0.05) is 50.1 Å². The van der Waals surface area contributed by atoms with Crippen molar-refractivity contribution in [3.05, 3.63) is 48.5 Å². The topological polar surface area (TPSA) is 139 Å². The highest BCUT2D eigenvalue weighted by Gasteiger charge is 2.56. The number of nitrogens with two attached hydrogens (primary N) is 1. The van der Waals surface area contributed by atoms with Gasteiger partial charge in [-0.15, -0.1) is 0 Å². The summed E-state index contributed by atoms with van der Waals surface area (Å²) in [5.74, 6) is -0.437. The number of amides is 1. The lowest BCUT2D eigenvalue weighted by atomic mass is 10.1. The second-order valence-electron chi connectivity index (χ2n) is 10.7. The Morgan fingerprint density at radius 2 is 1.93 bits per heavy atom. The molecule has 0 radical (unpaired) electrons. The number of imidazole rings is 1. The molecule has 3 N–H and O–H groups in total. The zero-order valence-corrected chi connectivity index (χ0v) is 23.4. The largest absolute Gasteiger partial charge is 0.445 e. The van der Waals surface area contributed by atoms with E-state index in [2.05, 4.69) is 32.1 Å². The van der Waals surface area contributed by atoms with Crippen molar-refractivity contribution in [3.63, 3.8) is 0 Å². The van der Waals surface area contributed by atoms with Crippen molar-refractivity contribution in [1.29, 1.82) is 0 Å². The number of hydrogen-bond acceptors (Lipinski definition) is 10. The van der Waals surface area contributed by atoms with Gasteiger partial charge in [0.25, 0.3) is 0 Å². The van der Waals surface area contributed by atoms with Gasteiger partial charge in [0.1, 0.15) is 36.8 Å². The van der Waals surface area contributed by atoms with Crippen LogP contribution in [0.3, 0.4) is 0 Å². The second-order valence-corrected chi connectivity index (χ2v) is 10.7. The molecule has 2 aliphatic rings. The zero-order chi connectivity index (χ0) is 28.1. The lowest BCUT2D eigenvalue weighted by molar-refractivity contribution is -0.198. The molecule has 0 unspecified atom stereocenters. The maximum atomic E-state index is 12.3. The predicted molar refractivity (Wildman–Crippen MR) is 148 cm³/mol. The van der Waals surface area contributed by atoms with Crippen LogP contribution >= 0.6 is 0 Å². The molecule has 2 aromatic heterocycles. The van der Waals surface area contributed by atoms with E-state index in [1.165, 1.54) is 6.33 Å². The first-order valence-corrected chi connectivity index (χ1v) is 14.0. The fourth-order valence-electron chi connectivity index (χ4n) is 5.31. The van der Waals surface area contributed by atoms with E-state index in [9.17, 15) is 4.79 Å². The molecule has 0 saturated carbocycles. The summed E-state index contributed by atoms with van der Waals surface area (Å²) in [6.45, 7) is 8.83. The van der Waals surface area contributed by atoms with Crippen LogP contribution in [0.5, 0.6) is 0 Å². The average Bonchev–Trinajstić information content (AvgIpc) is 3.60. The molecular formula is C28H39N7O5. The first kappa shape index (κ1) is 28.2. The minimum atomic E-state index is -0.753. The summed E-state index contributed by atoms with van der Waals surface area (Å²) < 4.78 is 26.4. The number of carbonyl (C=O) groups excluding carboxylic acids is 1. The lowest BCUT2D eigenvalue weighted by Gasteiger charge is -2.29. The Morgan fingerprint density at radius 3 is 2.73 bits per heavy atom. The monoisotopic (exact) mass is 553 g/mol. The number of alkyl carbamates (subject to hydrolysis) is 1. The van der Waals surface area contributed by atoms with Gasteiger partial charge in [0, 0.05) is 19.6 Å². The van der Waals surface area contributed by atoms with E-state index in [1.54, 1.807) is 6.33 Å². The van der Waals surface area contributed by atoms with Gasteiger partial charge in [-0.3, -0.25) is 9.47 Å². The molecule has 40 heavy (non-hydrogen) atoms. The summed E-state index contributed by atoms with van der Waals surface area (Å²) in [6.07, 6.45) is 4.56. The van der Waals surface area contributed by atoms with Crippen LogP contribution in [0.2, 0.25) is 0 Å². The molecule has 2 aliphatic heterocycles. The Hall–Kier alpha value is -3.32. The third kappa shape index (κ3) is 6.52. The Kier molecular flexibility index (Phi) is 8.79. The molecule has 4 atom stereocenters. The number of unbranched alkanes of at least 4 members (excludes halogenated alkanes) is 2. The first-order chi connectivity index (χ1) is 19.3. The number of aromatic nitrogens is 4. The number of rotatable bonds is 12. The second kappa shape index (κ2) is 12.5. The van der Waals surface area contributed by atoms with E-state index >= 15 is 0 Å². The van der Waals surface area contributed by atoms with Gasteiger partial charge in [0.2, 0.25) is 0 Å². The molecular weight excluding hydrogens is 514 g/mol. The van der Waals surface area contributed by atoms with Crippen molar-refractivity contribution >= 4 is 23.1 Å². The molecule has 0 spiro atoms. The van der Waals surface area contributed by atoms with E-state index in [0.29, 0.717) is 36.6 Å². The summed E-state index contributed by atoms with van der Waals surface area (Å²) in [7, 11) is 0. The maximum absolute atomic E-state index is 12.3. The average molecular weight is 554 g/mol. The Labute approximate surface area is 234 Å². The predicted octanol–water partition coefficient (Wildman–Crippen LogP) is 3.24. The van der Waals surface area contributed by atoms with Crippen molar-refractivity contribution in [2.24, 2.45) is 0 Å². The Morgan fingerprint density at radius 1 is 1.12 bits per heavy atom. The third-order valence-electron chi connectivity index (χ3n) is 7.21. The molecule has 12 nitrogen and oxygen atoms in total. The number of benzene rings is 1. The summed E-state index contributed by atoms with van der Waals surface area (Å²) in [5.41, 5.74) is 8.07. The third-order valence-corrected chi connectivity index (χ3v) is 7.21. The van der Waals surface area contributed by atoms with E-state index in [1.807, 2.05) is 48.7 Å². The number of ether oxygens (including phenoxy) is 4. The fourth-order valence-corrected chi connectivity index (χ4v) is 5.31. The molecule has 12 heteroatoms. The van der Waals surface area contributed by atoms with Crippen molar-refractivity contribution in [3.8, 4) is 0 Å². The summed E-state index contributed by atoms with van der Waals surface area (Å²) in [5, 5.41) is 2.88. The molecule has 5 rings (SSSR count). The Bertz CT molecular complexity index is 1270. The molecule has 1 amide bonds. The van der Waals surface area contributed by atoms with Crippen molar-refractivity contribution in [1.82, 2.24) is 29.7 Å². The van der Waals surface area contributed by atoms with Gasteiger partial charge in [-0.05, 0) is 32.4 Å². The number of anilines is 1. The SMILES string of the molecule is CCCCCN(CCNC(=O)OCc1ccccc1)C[C@H]1O[C@@H](n2cnc3c(N)ncnc32)[C@@H]2OC(C)(C)O[C@@H]21. The van der Waals surface area contributed by atoms with Gasteiger partial charge < -0.3 is 30.0 Å². The van der Waals surface area contributed by atoms with E-state index in [-0.39, 0.29) is 24.9 Å². The van der Waals surface area contributed by atoms with Crippen LogP contribution < -0.4 is 11.1 Å². The highest BCUT2D eigenvalue weighted by atomic mass is 16.8. The molecule has 216 valence electrons. The smallest absolute Gasteiger partial charge is 0.407 e. The van der Waals surface area contributed by atoms with Crippen LogP contribution in [0.4, 0.5) is 10.6 Å². The quantitative estimate of drug-likeness (QED) is 0.321. The number of hydrogen-bond donors (Lipinski definition) is 2. The molecule has 4 heterocycles. The van der Waals surface area contributed by atoms with Crippen molar-refractivity contribution < 1.29 is 23.7 Å². The van der Waals surface area contributed by atoms with Gasteiger partial charge in [-0.25, -0.2) is 19.7 Å². The molecule has 1 aromatic carbocycles. The fraction of sp³-hybridized carbons (Fsp3) is 0.571. The minimum Gasteiger partial charge on any atom is -0.445 e. The van der Waals surface area contributed by atoms with Crippen molar-refractivity contribution in [2.45, 2.75) is 77.0 Å². The Balaban J connectivity index is 1.24. The van der Waals surface area contributed by atoms with Gasteiger partial charge in [-0.2, -0.15) is 0 Å². The number of nitrogen functional groups attached to an aromatic ring is 1. The molecule has 2 fully saturated rings. The standard InChI is InChI=1S/C28H39N7O5/c1-4-5-9-13-34(14-12-30-27(36)37-16-19-10-7-6-8-11-19)15-20-22-23(40-28(2,3)39-22)26(38-20)35-18-33-21-24(29)31-17-32-25(21)35/h6-8,10-11,17-18,20,22-23,26H,4-5,9,12-16H2,1-3H3,(H,30,36)(H2,29,31,32)/t20-,22-,23-,26-/m1/s1. The normalized spacial score (nSPS) is 23.5. The number of fused-ring (bicyclic) bond motifs is 2. The number of carbonyl (C=O) groups is 1. The van der Waals surface area contributed by atoms with E-state index in [4.69, 9.17) is 24.7 Å². The van der Waals surface area contributed by atoms with Crippen LogP contribution in [0.1, 0.15) is 51.8 Å². The van der Waals surface area contributed by atoms with Crippen LogP contribution in [0.15, 0.2) is 43.0 Å². The zero-order valence-electron chi connectivity index (χ0n) is 23.4. The van der Waals surface area contributed by atoms with Crippen LogP contribution in [-0.2, 0) is 25.6 Å². The number of nitrogens with one attached hydrogen (secondary N) is 1. The minimum absolute atomic E-state index is 0.236. The molecule has 2 saturated heterocycles. The summed E-state index contributed by atoms with van der Waals surface area (Å²) in [6, 6.07) is 9.62. The van der Waals surface area contributed by atoms with Crippen molar-refractivity contribution in [2.75, 3.05) is 31.9 Å². The summed E-state index contributed by atoms with van der Waals surface area (Å²) >= 11 is 0. The highest BCUT2D eigenvalue weighted by Crippen LogP contribution is 2.44. The lowest BCUT2D eigenvalue weighted by Crippen LogP contribution is -2.43. The molecule has 0 bridgehead atoms. The first-order valence-electron chi connectivity index (χ1n) is 14.0. The van der Waals surface area contributed by atoms with Gasteiger partial charge in [0.05, 0.1) is 6.33 Å². The van der Waals surface area contributed by atoms with E-state index in [0.717, 1.165) is 31.4 Å².